The third kappa shape index (κ3) is 3.07. The first-order valence-electron chi connectivity index (χ1n) is 6.63. The minimum Gasteiger partial charge on any atom is -0.365 e. The quantitative estimate of drug-likeness (QED) is 0.311. The molecule has 0 fully saturated rings. The molecule has 3 rings (SSSR count). The first kappa shape index (κ1) is 15.6. The van der Waals surface area contributed by atoms with Crippen LogP contribution in [0.5, 0.6) is 0 Å². The van der Waals surface area contributed by atoms with E-state index >= 15 is 0 Å². The second-order valence-corrected chi connectivity index (χ2v) is 4.87. The zero-order valence-corrected chi connectivity index (χ0v) is 12.7. The third-order valence-electron chi connectivity index (χ3n) is 2.94. The van der Waals surface area contributed by atoms with Gasteiger partial charge in [-0.25, -0.2) is 14.0 Å². The zero-order valence-electron chi connectivity index (χ0n) is 12.0. The lowest BCUT2D eigenvalue weighted by molar-refractivity contribution is 0.309. The van der Waals surface area contributed by atoms with Crippen LogP contribution in [0.1, 0.15) is 0 Å². The van der Waals surface area contributed by atoms with Crippen LogP contribution in [0.2, 0.25) is 5.02 Å². The van der Waals surface area contributed by atoms with Crippen molar-refractivity contribution in [1.29, 1.82) is 0 Å². The summed E-state index contributed by atoms with van der Waals surface area (Å²) >= 11 is 5.96. The van der Waals surface area contributed by atoms with E-state index in [1.165, 1.54) is 4.57 Å². The number of halogens is 1. The highest BCUT2D eigenvalue weighted by Gasteiger charge is 2.22. The van der Waals surface area contributed by atoms with E-state index in [9.17, 15) is 4.79 Å². The van der Waals surface area contributed by atoms with Gasteiger partial charge in [0.05, 0.1) is 5.69 Å². The van der Waals surface area contributed by atoms with Gasteiger partial charge in [-0.3, -0.25) is 4.52 Å². The number of aromatic nitrogens is 4. The predicted molar refractivity (Wildman–Crippen MR) is 82.9 cm³/mol. The number of rotatable bonds is 6. The van der Waals surface area contributed by atoms with Crippen molar-refractivity contribution in [3.05, 3.63) is 50.3 Å². The molecule has 0 aliphatic rings. The molecule has 0 saturated carbocycles. The molecule has 0 amide bonds. The highest BCUT2D eigenvalue weighted by atomic mass is 35.5. The SMILES string of the molecule is [N-]=[N+]=NCCNc1nonc1-c1noc(=O)n1-c1cccc(Cl)c1. The summed E-state index contributed by atoms with van der Waals surface area (Å²) in [7, 11) is 0. The lowest BCUT2D eigenvalue weighted by Crippen LogP contribution is -2.14. The van der Waals surface area contributed by atoms with Crippen LogP contribution < -0.4 is 11.1 Å². The maximum atomic E-state index is 12.0. The van der Waals surface area contributed by atoms with E-state index in [1.54, 1.807) is 24.3 Å². The van der Waals surface area contributed by atoms with E-state index < -0.39 is 5.76 Å². The number of nitrogens with zero attached hydrogens (tertiary/aromatic N) is 7. The molecule has 2 aromatic heterocycles. The number of hydrogen-bond donors (Lipinski definition) is 1. The van der Waals surface area contributed by atoms with E-state index in [0.717, 1.165) is 0 Å². The van der Waals surface area contributed by atoms with Gasteiger partial charge in [0.2, 0.25) is 11.6 Å². The maximum absolute atomic E-state index is 12.0. The Morgan fingerprint density at radius 1 is 1.38 bits per heavy atom. The number of nitrogens with one attached hydrogen (secondary N) is 1. The van der Waals surface area contributed by atoms with Gasteiger partial charge in [0.15, 0.2) is 5.69 Å². The van der Waals surface area contributed by atoms with Crippen LogP contribution in [0.25, 0.3) is 27.6 Å². The Kier molecular flexibility index (Phi) is 4.45. The van der Waals surface area contributed by atoms with Gasteiger partial charge in [-0.2, -0.15) is 0 Å². The molecule has 0 aliphatic heterocycles. The molecule has 0 unspecified atom stereocenters. The van der Waals surface area contributed by atoms with E-state index in [-0.39, 0.29) is 23.9 Å². The number of azide groups is 1. The van der Waals surface area contributed by atoms with Crippen molar-refractivity contribution in [3.63, 3.8) is 0 Å². The van der Waals surface area contributed by atoms with Gasteiger partial charge >= 0.3 is 5.76 Å². The smallest absolute Gasteiger partial charge is 0.365 e. The van der Waals surface area contributed by atoms with Crippen molar-refractivity contribution >= 4 is 17.4 Å². The van der Waals surface area contributed by atoms with Gasteiger partial charge in [-0.05, 0) is 34.0 Å². The molecule has 24 heavy (non-hydrogen) atoms. The van der Waals surface area contributed by atoms with Gasteiger partial charge in [-0.1, -0.05) is 27.9 Å². The van der Waals surface area contributed by atoms with Crippen molar-refractivity contribution in [1.82, 2.24) is 20.0 Å². The summed E-state index contributed by atoms with van der Waals surface area (Å²) in [5.41, 5.74) is 8.88. The predicted octanol–water partition coefficient (Wildman–Crippen LogP) is 2.25. The first-order valence-corrected chi connectivity index (χ1v) is 7.01. The minimum atomic E-state index is -0.713. The summed E-state index contributed by atoms with van der Waals surface area (Å²) < 4.78 is 10.6. The Labute approximate surface area is 138 Å². The lowest BCUT2D eigenvalue weighted by atomic mass is 10.3. The van der Waals surface area contributed by atoms with Crippen molar-refractivity contribution in [2.75, 3.05) is 18.4 Å². The molecule has 12 heteroatoms. The highest BCUT2D eigenvalue weighted by molar-refractivity contribution is 6.30. The standard InChI is InChI=1S/C12H9ClN8O3/c13-7-2-1-3-8(6-7)21-11(19-23-12(21)22)9-10(18-24-17-9)15-4-5-16-20-14/h1-3,6H,4-5H2,(H,15,18). The Morgan fingerprint density at radius 3 is 3.04 bits per heavy atom. The number of anilines is 1. The topological polar surface area (TPSA) is 148 Å². The molecule has 3 aromatic rings. The van der Waals surface area contributed by atoms with Gasteiger partial charge in [0, 0.05) is 23.0 Å². The normalized spacial score (nSPS) is 10.4. The molecule has 2 heterocycles. The average molecular weight is 349 g/mol. The van der Waals surface area contributed by atoms with Crippen LogP contribution in [0.15, 0.2) is 43.3 Å². The summed E-state index contributed by atoms with van der Waals surface area (Å²) in [6, 6.07) is 6.59. The van der Waals surface area contributed by atoms with Crippen molar-refractivity contribution in [2.45, 2.75) is 0 Å². The second-order valence-electron chi connectivity index (χ2n) is 4.43. The van der Waals surface area contributed by atoms with Gasteiger partial charge in [-0.15, -0.1) is 0 Å². The van der Waals surface area contributed by atoms with Crippen LogP contribution in [-0.2, 0) is 0 Å². The molecular weight excluding hydrogens is 340 g/mol. The summed E-state index contributed by atoms with van der Waals surface area (Å²) in [6.45, 7) is 0.493. The fraction of sp³-hybridized carbons (Fsp3) is 0.167. The first-order chi connectivity index (χ1) is 11.7. The summed E-state index contributed by atoms with van der Waals surface area (Å²) in [6.07, 6.45) is 0. The number of benzene rings is 1. The van der Waals surface area contributed by atoms with E-state index in [4.69, 9.17) is 26.3 Å². The highest BCUT2D eigenvalue weighted by Crippen LogP contribution is 2.24. The maximum Gasteiger partial charge on any atom is 0.446 e. The van der Waals surface area contributed by atoms with Crippen molar-refractivity contribution in [2.24, 2.45) is 5.11 Å². The Morgan fingerprint density at radius 2 is 2.25 bits per heavy atom. The molecule has 0 atom stereocenters. The Balaban J connectivity index is 1.99. The summed E-state index contributed by atoms with van der Waals surface area (Å²) in [5.74, 6) is -0.391. The average Bonchev–Trinajstić information content (AvgIpc) is 3.17. The van der Waals surface area contributed by atoms with Crippen LogP contribution in [0.3, 0.4) is 0 Å². The largest absolute Gasteiger partial charge is 0.446 e. The fourth-order valence-corrected chi connectivity index (χ4v) is 2.15. The number of hydrogen-bond acceptors (Lipinski definition) is 8. The van der Waals surface area contributed by atoms with Crippen LogP contribution in [-0.4, -0.2) is 33.1 Å². The minimum absolute atomic E-state index is 0.0924. The van der Waals surface area contributed by atoms with Gasteiger partial charge in [0.1, 0.15) is 0 Å². The van der Waals surface area contributed by atoms with Crippen molar-refractivity contribution < 1.29 is 9.15 Å². The molecular formula is C12H9ClN8O3. The van der Waals surface area contributed by atoms with Crippen molar-refractivity contribution in [3.8, 4) is 17.2 Å². The van der Waals surface area contributed by atoms with Gasteiger partial charge in [0.25, 0.3) is 0 Å². The molecule has 0 saturated heterocycles. The van der Waals surface area contributed by atoms with Crippen LogP contribution in [0.4, 0.5) is 5.82 Å². The molecule has 1 aromatic carbocycles. The van der Waals surface area contributed by atoms with Crippen LogP contribution in [0, 0.1) is 0 Å². The monoisotopic (exact) mass is 348 g/mol. The summed E-state index contributed by atoms with van der Waals surface area (Å²) in [5, 5.41) is 17.9. The second kappa shape index (κ2) is 6.86. The van der Waals surface area contributed by atoms with E-state index in [2.05, 4.69) is 30.8 Å². The van der Waals surface area contributed by atoms with Crippen LogP contribution >= 0.6 is 11.6 Å². The lowest BCUT2D eigenvalue weighted by Gasteiger charge is -2.04. The summed E-state index contributed by atoms with van der Waals surface area (Å²) in [4.78, 5) is 14.6. The molecule has 11 nitrogen and oxygen atoms in total. The Hall–Kier alpha value is -3.30. The molecule has 0 aliphatic carbocycles. The molecule has 1 N–H and O–H groups in total. The van der Waals surface area contributed by atoms with E-state index in [1.807, 2.05) is 0 Å². The fourth-order valence-electron chi connectivity index (χ4n) is 1.96. The molecule has 122 valence electrons. The molecule has 0 spiro atoms. The third-order valence-corrected chi connectivity index (χ3v) is 3.17. The molecule has 0 radical (unpaired) electrons. The zero-order chi connectivity index (χ0) is 16.9. The van der Waals surface area contributed by atoms with E-state index in [0.29, 0.717) is 17.3 Å². The molecule has 0 bridgehead atoms. The Bertz CT molecular complexity index is 955. The van der Waals surface area contributed by atoms with Gasteiger partial charge < -0.3 is 5.32 Å².